The molecule has 4 aliphatic rings. The monoisotopic (exact) mass is 370 g/mol. The number of nitroso groups, excluding NO2 is 1. The van der Waals surface area contributed by atoms with E-state index in [9.17, 15) is 9.70 Å². The van der Waals surface area contributed by atoms with E-state index in [0.717, 1.165) is 49.3 Å². The number of ether oxygens (including phenoxy) is 1. The number of nitrogens with one attached hydrogen (secondary N) is 1. The van der Waals surface area contributed by atoms with Crippen molar-refractivity contribution >= 4 is 5.91 Å². The van der Waals surface area contributed by atoms with Gasteiger partial charge in [0.2, 0.25) is 11.9 Å². The molecule has 2 aliphatic heterocycles. The molecule has 1 aromatic rings. The molecule has 1 N–H and O–H groups in total. The van der Waals surface area contributed by atoms with Crippen molar-refractivity contribution in [2.45, 2.75) is 63.1 Å². The lowest BCUT2D eigenvalue weighted by Crippen LogP contribution is -2.47. The molecule has 1 amide bonds. The van der Waals surface area contributed by atoms with Crippen LogP contribution in [0.15, 0.2) is 18.2 Å². The van der Waals surface area contributed by atoms with Crippen molar-refractivity contribution in [1.29, 1.82) is 0 Å². The molecule has 0 aromatic heterocycles. The second-order valence-electron chi connectivity index (χ2n) is 8.81. The van der Waals surface area contributed by atoms with E-state index in [1.54, 1.807) is 7.11 Å². The van der Waals surface area contributed by atoms with E-state index in [1.807, 2.05) is 6.07 Å². The molecule has 3 fully saturated rings. The van der Waals surface area contributed by atoms with Gasteiger partial charge in [-0.15, -0.1) is 5.43 Å². The molecule has 0 radical (unpaired) electrons. The number of carbonyl (C=O) groups excluding carboxylic acids is 1. The summed E-state index contributed by atoms with van der Waals surface area (Å²) in [4.78, 5) is 29.2. The Balaban J connectivity index is 1.60. The topological polar surface area (TPSA) is 61.6 Å². The minimum Gasteiger partial charge on any atom is -0.497 e. The first-order chi connectivity index (χ1) is 13.0. The molecule has 2 aliphatic carbocycles. The molecular weight excluding hydrogens is 342 g/mol. The number of hydrogen-bond acceptors (Lipinski definition) is 3. The third-order valence-electron chi connectivity index (χ3n) is 7.18. The smallest absolute Gasteiger partial charge is 0.242 e. The van der Waals surface area contributed by atoms with E-state index in [1.165, 1.54) is 11.1 Å². The molecule has 27 heavy (non-hydrogen) atoms. The molecule has 6 nitrogen and oxygen atoms in total. The standard InChI is InChI=1S/C21H28N3O3/c1-13-12-21-17-8-7-16(27-2)10-14(17)4-3-9-23(21)19(25)11-18(21)20(13)24(26)22-15-5-6-15/h7-8,10,13,15,18,20H,3-6,9,11-12H2,1-2H3,(H,22,26)/q+1/t13-,18?,20+,21?/m0/s1. The van der Waals surface area contributed by atoms with Gasteiger partial charge in [0, 0.05) is 18.9 Å². The minimum atomic E-state index is -0.340. The second-order valence-corrected chi connectivity index (χ2v) is 8.81. The van der Waals surface area contributed by atoms with Gasteiger partial charge in [-0.05, 0) is 55.4 Å². The number of carbonyl (C=O) groups is 1. The summed E-state index contributed by atoms with van der Waals surface area (Å²) in [5.74, 6) is 1.35. The first-order valence-electron chi connectivity index (χ1n) is 10.2. The highest BCUT2D eigenvalue weighted by Gasteiger charge is 2.68. The maximum Gasteiger partial charge on any atom is 0.242 e. The van der Waals surface area contributed by atoms with Gasteiger partial charge in [0.05, 0.1) is 29.5 Å². The van der Waals surface area contributed by atoms with Crippen molar-refractivity contribution in [3.63, 3.8) is 0 Å². The van der Waals surface area contributed by atoms with E-state index < -0.39 is 0 Å². The summed E-state index contributed by atoms with van der Waals surface area (Å²) in [5, 5.41) is 0. The molecule has 1 saturated heterocycles. The van der Waals surface area contributed by atoms with Gasteiger partial charge in [-0.2, -0.15) is 0 Å². The van der Waals surface area contributed by atoms with Gasteiger partial charge in [-0.25, -0.2) is 0 Å². The molecule has 5 rings (SSSR count). The van der Waals surface area contributed by atoms with Crippen LogP contribution in [-0.4, -0.2) is 41.4 Å². The summed E-state index contributed by atoms with van der Waals surface area (Å²) in [6.45, 7) is 2.95. The van der Waals surface area contributed by atoms with Gasteiger partial charge in [-0.1, -0.05) is 13.0 Å². The van der Waals surface area contributed by atoms with Crippen LogP contribution < -0.4 is 10.2 Å². The molecule has 0 bridgehead atoms. The highest BCUT2D eigenvalue weighted by molar-refractivity contribution is 5.81. The lowest BCUT2D eigenvalue weighted by atomic mass is 9.78. The van der Waals surface area contributed by atoms with Crippen LogP contribution in [0.4, 0.5) is 0 Å². The number of aryl methyl sites for hydroxylation is 1. The van der Waals surface area contributed by atoms with Gasteiger partial charge < -0.3 is 9.64 Å². The number of hydrogen-bond donors (Lipinski definition) is 1. The van der Waals surface area contributed by atoms with Crippen molar-refractivity contribution in [2.75, 3.05) is 13.7 Å². The number of hydrazine groups is 1. The van der Waals surface area contributed by atoms with Crippen LogP contribution in [0.2, 0.25) is 0 Å². The van der Waals surface area contributed by atoms with Crippen molar-refractivity contribution < 1.29 is 14.4 Å². The Kier molecular flexibility index (Phi) is 3.75. The summed E-state index contributed by atoms with van der Waals surface area (Å²) in [5.41, 5.74) is 5.31. The number of benzene rings is 1. The van der Waals surface area contributed by atoms with E-state index in [0.29, 0.717) is 12.5 Å². The maximum atomic E-state index is 13.0. The molecule has 2 heterocycles. The molecule has 6 heteroatoms. The Labute approximate surface area is 159 Å². The normalized spacial score (nSPS) is 34.5. The molecule has 2 unspecified atom stereocenters. The largest absolute Gasteiger partial charge is 0.497 e. The van der Waals surface area contributed by atoms with Crippen LogP contribution >= 0.6 is 0 Å². The van der Waals surface area contributed by atoms with Crippen molar-refractivity contribution in [3.8, 4) is 5.75 Å². The third kappa shape index (κ3) is 2.41. The summed E-state index contributed by atoms with van der Waals surface area (Å²) < 4.78 is 5.44. The Morgan fingerprint density at radius 1 is 1.33 bits per heavy atom. The Morgan fingerprint density at radius 2 is 2.15 bits per heavy atom. The van der Waals surface area contributed by atoms with Crippen LogP contribution in [0.25, 0.3) is 0 Å². The molecule has 1 aromatic carbocycles. The highest BCUT2D eigenvalue weighted by Crippen LogP contribution is 2.58. The van der Waals surface area contributed by atoms with E-state index in [2.05, 4.69) is 29.4 Å². The fraction of sp³-hybridized carbons (Fsp3) is 0.667. The van der Waals surface area contributed by atoms with Gasteiger partial charge in [0.1, 0.15) is 10.6 Å². The molecule has 144 valence electrons. The third-order valence-corrected chi connectivity index (χ3v) is 7.18. The molecule has 2 saturated carbocycles. The predicted molar refractivity (Wildman–Crippen MR) is 100 cm³/mol. The number of amides is 1. The van der Waals surface area contributed by atoms with Gasteiger partial charge in [-0.3, -0.25) is 4.79 Å². The van der Waals surface area contributed by atoms with Crippen LogP contribution in [0, 0.1) is 16.7 Å². The maximum absolute atomic E-state index is 13.0. The number of rotatable bonds is 4. The highest BCUT2D eigenvalue weighted by atomic mass is 16.5. The first-order valence-corrected chi connectivity index (χ1v) is 10.2. The van der Waals surface area contributed by atoms with Crippen LogP contribution in [0.5, 0.6) is 5.75 Å². The van der Waals surface area contributed by atoms with Crippen molar-refractivity contribution in [2.24, 2.45) is 11.8 Å². The summed E-state index contributed by atoms with van der Waals surface area (Å²) >= 11 is 0. The number of methoxy groups -OCH3 is 1. The Bertz CT molecular complexity index is 806. The van der Waals surface area contributed by atoms with E-state index >= 15 is 0 Å². The average Bonchev–Trinajstić information content (AvgIpc) is 3.38. The fourth-order valence-corrected chi connectivity index (χ4v) is 5.97. The molecule has 4 atom stereocenters. The van der Waals surface area contributed by atoms with Crippen LogP contribution in [-0.2, 0) is 16.8 Å². The second kappa shape index (κ2) is 5.94. The van der Waals surface area contributed by atoms with Gasteiger partial charge in [0.25, 0.3) is 0 Å². The van der Waals surface area contributed by atoms with E-state index in [4.69, 9.17) is 4.74 Å². The number of nitrogens with zero attached hydrogens (tertiary/aromatic N) is 2. The minimum absolute atomic E-state index is 0.0361. The zero-order valence-electron chi connectivity index (χ0n) is 16.1. The molecular formula is C21H28N3O3+. The lowest BCUT2D eigenvalue weighted by molar-refractivity contribution is -0.653. The van der Waals surface area contributed by atoms with Crippen LogP contribution in [0.3, 0.4) is 0 Å². The van der Waals surface area contributed by atoms with Crippen molar-refractivity contribution in [1.82, 2.24) is 10.3 Å². The van der Waals surface area contributed by atoms with E-state index in [-0.39, 0.29) is 29.3 Å². The summed E-state index contributed by atoms with van der Waals surface area (Å²) in [6, 6.07) is 6.45. The summed E-state index contributed by atoms with van der Waals surface area (Å²) in [6.07, 6.45) is 5.39. The SMILES string of the molecule is COc1ccc2c(c1)CCCN1C(=O)CC3[C@H]([N+](=O)NC4CC4)[C@@H](C)CC231. The Morgan fingerprint density at radius 3 is 2.89 bits per heavy atom. The van der Waals surface area contributed by atoms with Gasteiger partial charge >= 0.3 is 0 Å². The molecule has 1 spiro atoms. The van der Waals surface area contributed by atoms with Gasteiger partial charge in [0.15, 0.2) is 0 Å². The zero-order chi connectivity index (χ0) is 18.8. The average molecular weight is 370 g/mol. The number of fused-ring (bicyclic) bond motifs is 1. The lowest BCUT2D eigenvalue weighted by Gasteiger charge is -2.38. The zero-order valence-corrected chi connectivity index (χ0v) is 16.1. The van der Waals surface area contributed by atoms with Crippen LogP contribution in [0.1, 0.15) is 50.2 Å². The quantitative estimate of drug-likeness (QED) is 0.654. The fourth-order valence-electron chi connectivity index (χ4n) is 5.97. The predicted octanol–water partition coefficient (Wildman–Crippen LogP) is 2.54. The van der Waals surface area contributed by atoms with Crippen molar-refractivity contribution in [3.05, 3.63) is 34.2 Å². The Hall–Kier alpha value is -2.11. The first kappa shape index (κ1) is 17.0. The summed E-state index contributed by atoms with van der Waals surface area (Å²) in [7, 11) is 1.69.